The van der Waals surface area contributed by atoms with E-state index in [1.807, 2.05) is 6.07 Å². The second-order valence-corrected chi connectivity index (χ2v) is 5.26. The zero-order chi connectivity index (χ0) is 13.5. The highest BCUT2D eigenvalue weighted by Crippen LogP contribution is 2.28. The van der Waals surface area contributed by atoms with Gasteiger partial charge in [0.15, 0.2) is 0 Å². The van der Waals surface area contributed by atoms with E-state index in [1.54, 1.807) is 6.07 Å². The van der Waals surface area contributed by atoms with Crippen LogP contribution in [0.3, 0.4) is 0 Å². The molecule has 0 radical (unpaired) electrons. The van der Waals surface area contributed by atoms with Gasteiger partial charge in [-0.2, -0.15) is 0 Å². The molecule has 0 aromatic heterocycles. The van der Waals surface area contributed by atoms with E-state index >= 15 is 0 Å². The van der Waals surface area contributed by atoms with Crippen LogP contribution in [0.25, 0.3) is 0 Å². The van der Waals surface area contributed by atoms with Crippen molar-refractivity contribution < 1.29 is 9.13 Å². The van der Waals surface area contributed by atoms with E-state index in [0.717, 1.165) is 44.5 Å². The number of hydrogen-bond donors (Lipinski definition) is 1. The van der Waals surface area contributed by atoms with Crippen LogP contribution in [0.2, 0.25) is 0 Å². The molecule has 0 unspecified atom stereocenters. The molecule has 1 aromatic carbocycles. The minimum atomic E-state index is -0.202. The van der Waals surface area contributed by atoms with Crippen molar-refractivity contribution in [2.24, 2.45) is 5.92 Å². The first-order valence-electron chi connectivity index (χ1n) is 7.00. The summed E-state index contributed by atoms with van der Waals surface area (Å²) in [7, 11) is 2.08. The van der Waals surface area contributed by atoms with Crippen molar-refractivity contribution in [1.82, 2.24) is 4.90 Å². The molecule has 0 amide bonds. The van der Waals surface area contributed by atoms with Gasteiger partial charge in [-0.3, -0.25) is 0 Å². The Morgan fingerprint density at radius 2 is 2.21 bits per heavy atom. The first kappa shape index (κ1) is 14.3. The molecule has 0 aliphatic heterocycles. The summed E-state index contributed by atoms with van der Waals surface area (Å²) in [5, 5.41) is 3.21. The second-order valence-electron chi connectivity index (χ2n) is 5.26. The van der Waals surface area contributed by atoms with Gasteiger partial charge < -0.3 is 15.0 Å². The molecule has 3 nitrogen and oxygen atoms in total. The van der Waals surface area contributed by atoms with E-state index in [4.69, 9.17) is 4.74 Å². The average molecular weight is 266 g/mol. The van der Waals surface area contributed by atoms with Crippen molar-refractivity contribution in [1.29, 1.82) is 0 Å². The third-order valence-corrected chi connectivity index (χ3v) is 3.32. The van der Waals surface area contributed by atoms with Gasteiger partial charge in [-0.25, -0.2) is 4.39 Å². The Bertz CT molecular complexity index is 382. The van der Waals surface area contributed by atoms with Gasteiger partial charge in [0.05, 0.1) is 6.61 Å². The molecule has 0 spiro atoms. The Balaban J connectivity index is 1.51. The molecule has 1 aromatic rings. The minimum absolute atomic E-state index is 0.202. The number of ether oxygens (including phenoxy) is 1. The Hall–Kier alpha value is -1.13. The molecule has 0 bridgehead atoms. The fourth-order valence-corrected chi connectivity index (χ4v) is 1.86. The summed E-state index contributed by atoms with van der Waals surface area (Å²) in [5.41, 5.74) is 0.832. The largest absolute Gasteiger partial charge is 0.384 e. The normalized spacial score (nSPS) is 14.9. The standard InChI is InChI=1S/C15H23FN2O/c1-18(9-10-19-12-13-5-6-13)8-7-17-15-4-2-3-14(16)11-15/h2-4,11,13,17H,5-10,12H2,1H3. The Kier molecular flexibility index (Phi) is 5.61. The summed E-state index contributed by atoms with van der Waals surface area (Å²) in [6, 6.07) is 6.56. The molecule has 2 rings (SSSR count). The summed E-state index contributed by atoms with van der Waals surface area (Å²) in [4.78, 5) is 2.22. The predicted octanol–water partition coefficient (Wildman–Crippen LogP) is 2.60. The van der Waals surface area contributed by atoms with Crippen molar-refractivity contribution in [2.45, 2.75) is 12.8 Å². The molecule has 1 saturated carbocycles. The predicted molar refractivity (Wildman–Crippen MR) is 75.9 cm³/mol. The van der Waals surface area contributed by atoms with Crippen LogP contribution in [0.5, 0.6) is 0 Å². The van der Waals surface area contributed by atoms with Crippen molar-refractivity contribution >= 4 is 5.69 Å². The van der Waals surface area contributed by atoms with Crippen molar-refractivity contribution in [3.8, 4) is 0 Å². The lowest BCUT2D eigenvalue weighted by Gasteiger charge is -2.17. The van der Waals surface area contributed by atoms with E-state index in [0.29, 0.717) is 0 Å². The van der Waals surface area contributed by atoms with E-state index < -0.39 is 0 Å². The van der Waals surface area contributed by atoms with E-state index in [-0.39, 0.29) is 5.82 Å². The zero-order valence-electron chi connectivity index (χ0n) is 11.6. The fraction of sp³-hybridized carbons (Fsp3) is 0.600. The smallest absolute Gasteiger partial charge is 0.125 e. The topological polar surface area (TPSA) is 24.5 Å². The van der Waals surface area contributed by atoms with Crippen molar-refractivity contribution in [2.75, 3.05) is 45.2 Å². The highest BCUT2D eigenvalue weighted by atomic mass is 19.1. The lowest BCUT2D eigenvalue weighted by molar-refractivity contribution is 0.104. The number of halogens is 1. The quantitative estimate of drug-likeness (QED) is 0.695. The molecule has 106 valence electrons. The van der Waals surface area contributed by atoms with Crippen LogP contribution in [0, 0.1) is 11.7 Å². The second kappa shape index (κ2) is 7.46. The van der Waals surface area contributed by atoms with E-state index in [2.05, 4.69) is 17.3 Å². The highest BCUT2D eigenvalue weighted by Gasteiger charge is 2.20. The average Bonchev–Trinajstić information content (AvgIpc) is 3.19. The zero-order valence-corrected chi connectivity index (χ0v) is 11.6. The van der Waals surface area contributed by atoms with Crippen LogP contribution in [0.4, 0.5) is 10.1 Å². The number of hydrogen-bond acceptors (Lipinski definition) is 3. The van der Waals surface area contributed by atoms with Crippen LogP contribution < -0.4 is 5.32 Å². The van der Waals surface area contributed by atoms with Crippen molar-refractivity contribution in [3.05, 3.63) is 30.1 Å². The number of anilines is 1. The van der Waals surface area contributed by atoms with Gasteiger partial charge in [0.25, 0.3) is 0 Å². The number of nitrogens with one attached hydrogen (secondary N) is 1. The van der Waals surface area contributed by atoms with Crippen LogP contribution in [-0.4, -0.2) is 44.8 Å². The maximum Gasteiger partial charge on any atom is 0.125 e. The summed E-state index contributed by atoms with van der Waals surface area (Å²) < 4.78 is 18.6. The SMILES string of the molecule is CN(CCNc1cccc(F)c1)CCOCC1CC1. The van der Waals surface area contributed by atoms with Crippen LogP contribution >= 0.6 is 0 Å². The molecular weight excluding hydrogens is 243 g/mol. The number of benzene rings is 1. The molecule has 0 heterocycles. The summed E-state index contributed by atoms with van der Waals surface area (Å²) in [6.07, 6.45) is 2.68. The Labute approximate surface area is 114 Å². The number of nitrogens with zero attached hydrogens (tertiary/aromatic N) is 1. The maximum atomic E-state index is 13.0. The fourth-order valence-electron chi connectivity index (χ4n) is 1.86. The van der Waals surface area contributed by atoms with Gasteiger partial charge in [0.2, 0.25) is 0 Å². The monoisotopic (exact) mass is 266 g/mol. The highest BCUT2D eigenvalue weighted by molar-refractivity contribution is 5.42. The van der Waals surface area contributed by atoms with E-state index in [9.17, 15) is 4.39 Å². The number of rotatable bonds is 9. The van der Waals surface area contributed by atoms with Crippen LogP contribution in [0.1, 0.15) is 12.8 Å². The summed E-state index contributed by atoms with van der Waals surface area (Å²) in [6.45, 7) is 4.39. The Morgan fingerprint density at radius 1 is 1.37 bits per heavy atom. The molecule has 1 fully saturated rings. The molecule has 19 heavy (non-hydrogen) atoms. The molecule has 0 atom stereocenters. The molecule has 4 heteroatoms. The maximum absolute atomic E-state index is 13.0. The first-order valence-corrected chi connectivity index (χ1v) is 7.00. The lowest BCUT2D eigenvalue weighted by Crippen LogP contribution is -2.28. The van der Waals surface area contributed by atoms with Gasteiger partial charge >= 0.3 is 0 Å². The Morgan fingerprint density at radius 3 is 2.95 bits per heavy atom. The minimum Gasteiger partial charge on any atom is -0.384 e. The molecule has 0 saturated heterocycles. The molecule has 1 N–H and O–H groups in total. The lowest BCUT2D eigenvalue weighted by atomic mass is 10.3. The number of likely N-dealkylation sites (N-methyl/N-ethyl adjacent to an activating group) is 1. The van der Waals surface area contributed by atoms with Gasteiger partial charge in [-0.05, 0) is 44.0 Å². The molecule has 1 aliphatic carbocycles. The molecular formula is C15H23FN2O. The molecule has 1 aliphatic rings. The van der Waals surface area contributed by atoms with E-state index in [1.165, 1.54) is 25.0 Å². The van der Waals surface area contributed by atoms with Crippen LogP contribution in [0.15, 0.2) is 24.3 Å². The summed E-state index contributed by atoms with van der Waals surface area (Å²) in [5.74, 6) is 0.631. The van der Waals surface area contributed by atoms with Gasteiger partial charge in [0, 0.05) is 31.9 Å². The third kappa shape index (κ3) is 6.03. The van der Waals surface area contributed by atoms with Gasteiger partial charge in [-0.15, -0.1) is 0 Å². The third-order valence-electron chi connectivity index (χ3n) is 3.32. The first-order chi connectivity index (χ1) is 9.24. The van der Waals surface area contributed by atoms with Crippen molar-refractivity contribution in [3.63, 3.8) is 0 Å². The van der Waals surface area contributed by atoms with Gasteiger partial charge in [0.1, 0.15) is 5.82 Å². The summed E-state index contributed by atoms with van der Waals surface area (Å²) >= 11 is 0. The van der Waals surface area contributed by atoms with Gasteiger partial charge in [-0.1, -0.05) is 6.07 Å². The van der Waals surface area contributed by atoms with Crippen LogP contribution in [-0.2, 0) is 4.74 Å².